The molecule has 3 heterocycles. The van der Waals surface area contributed by atoms with E-state index in [0.717, 1.165) is 13.3 Å². The lowest BCUT2D eigenvalue weighted by atomic mass is 9.80. The van der Waals surface area contributed by atoms with Crippen molar-refractivity contribution in [1.29, 1.82) is 0 Å². The van der Waals surface area contributed by atoms with Gasteiger partial charge in [0.2, 0.25) is 0 Å². The first kappa shape index (κ1) is 16.1. The van der Waals surface area contributed by atoms with Crippen LogP contribution in [0.2, 0.25) is 0 Å². The van der Waals surface area contributed by atoms with Crippen LogP contribution in [0.25, 0.3) is 11.0 Å². The van der Waals surface area contributed by atoms with Gasteiger partial charge in [0.25, 0.3) is 0 Å². The van der Waals surface area contributed by atoms with Gasteiger partial charge in [0, 0.05) is 11.7 Å². The van der Waals surface area contributed by atoms with E-state index in [1.807, 2.05) is 0 Å². The van der Waals surface area contributed by atoms with Gasteiger partial charge in [0.1, 0.15) is 30.0 Å². The topological polar surface area (TPSA) is 147 Å². The van der Waals surface area contributed by atoms with Crippen molar-refractivity contribution >= 4 is 29.4 Å². The number of nitrogen functional groups attached to an aromatic ring is 1. The van der Waals surface area contributed by atoms with Crippen LogP contribution in [0.4, 0.5) is 10.2 Å². The third-order valence-electron chi connectivity index (χ3n) is 4.10. The molecule has 0 bridgehead atoms. The van der Waals surface area contributed by atoms with Gasteiger partial charge in [-0.15, -0.1) is 0 Å². The summed E-state index contributed by atoms with van der Waals surface area (Å²) in [6.07, 6.45) is -1.63. The van der Waals surface area contributed by atoms with E-state index < -0.39 is 37.8 Å². The zero-order valence-electron chi connectivity index (χ0n) is 12.2. The lowest BCUT2D eigenvalue weighted by molar-refractivity contribution is -0.0563. The average Bonchev–Trinajstić information content (AvgIpc) is 2.97. The molecule has 3 rings (SSSR count). The molecule has 23 heavy (non-hydrogen) atoms. The van der Waals surface area contributed by atoms with Crippen molar-refractivity contribution in [3.05, 3.63) is 12.5 Å². The number of halogens is 1. The van der Waals surface area contributed by atoms with Gasteiger partial charge in [-0.25, -0.2) is 14.4 Å². The van der Waals surface area contributed by atoms with E-state index in [2.05, 4.69) is 9.97 Å². The van der Waals surface area contributed by atoms with Gasteiger partial charge < -0.3 is 35.3 Å². The minimum Gasteiger partial charge on any atom is -0.423 e. The molecule has 0 amide bonds. The molecule has 1 aliphatic rings. The Morgan fingerprint density at radius 2 is 2.17 bits per heavy atom. The largest absolute Gasteiger partial charge is 0.490 e. The van der Waals surface area contributed by atoms with Crippen molar-refractivity contribution < 1.29 is 29.4 Å². The Bertz CT molecular complexity index is 740. The Morgan fingerprint density at radius 3 is 2.74 bits per heavy atom. The number of aliphatic hydroxyl groups excluding tert-OH is 2. The third-order valence-corrected chi connectivity index (χ3v) is 4.10. The molecule has 0 saturated carbocycles. The highest BCUT2D eigenvalue weighted by atomic mass is 19.1. The molecule has 0 aliphatic carbocycles. The van der Waals surface area contributed by atoms with Crippen molar-refractivity contribution in [2.24, 2.45) is 0 Å². The number of anilines is 1. The van der Waals surface area contributed by atoms with E-state index in [1.165, 1.54) is 10.8 Å². The first-order chi connectivity index (χ1) is 10.8. The first-order valence-corrected chi connectivity index (χ1v) is 6.89. The van der Waals surface area contributed by atoms with Crippen molar-refractivity contribution in [1.82, 2.24) is 14.5 Å². The summed E-state index contributed by atoms with van der Waals surface area (Å²) in [5.74, 6) is -0.00494. The molecule has 2 aromatic heterocycles. The lowest BCUT2D eigenvalue weighted by Gasteiger charge is -2.25. The van der Waals surface area contributed by atoms with Gasteiger partial charge in [-0.05, 0) is 6.92 Å². The molecule has 6 N–H and O–H groups in total. The second-order valence-corrected chi connectivity index (χ2v) is 5.63. The Labute approximate surface area is 130 Å². The molecule has 1 saturated heterocycles. The van der Waals surface area contributed by atoms with E-state index >= 15 is 0 Å². The summed E-state index contributed by atoms with van der Waals surface area (Å²) in [6, 6.07) is 0. The molecule has 1 fully saturated rings. The van der Waals surface area contributed by atoms with Crippen molar-refractivity contribution in [2.75, 3.05) is 12.3 Å². The number of nitrogens with two attached hydrogens (primary N) is 1. The smallest absolute Gasteiger partial charge is 0.423 e. The lowest BCUT2D eigenvalue weighted by Crippen LogP contribution is -2.40. The van der Waals surface area contributed by atoms with Crippen LogP contribution in [-0.4, -0.2) is 66.4 Å². The molecule has 9 nitrogen and oxygen atoms in total. The monoisotopic (exact) mass is 326 g/mol. The van der Waals surface area contributed by atoms with Gasteiger partial charge in [-0.2, -0.15) is 0 Å². The molecule has 124 valence electrons. The summed E-state index contributed by atoms with van der Waals surface area (Å²) in [6.45, 7) is 0.562. The molecule has 4 atom stereocenters. The highest BCUT2D eigenvalue weighted by Crippen LogP contribution is 2.42. The summed E-state index contributed by atoms with van der Waals surface area (Å²) < 4.78 is 21.5. The number of fused-ring (bicyclic) bond motifs is 1. The number of aliphatic hydroxyl groups is 2. The van der Waals surface area contributed by atoms with Gasteiger partial charge in [-0.1, -0.05) is 0 Å². The zero-order chi connectivity index (χ0) is 16.9. The molecule has 2 aromatic rings. The number of alkyl halides is 1. The van der Waals surface area contributed by atoms with E-state index in [4.69, 9.17) is 10.5 Å². The number of rotatable bonds is 3. The molecule has 11 heteroatoms. The minimum absolute atomic E-state index is 0.00494. The maximum atomic E-state index is 14.9. The van der Waals surface area contributed by atoms with Crippen molar-refractivity contribution in [3.8, 4) is 0 Å². The Kier molecular flexibility index (Phi) is 3.77. The number of nitrogens with zero attached hydrogens (tertiary/aromatic N) is 3. The van der Waals surface area contributed by atoms with Crippen molar-refractivity contribution in [2.45, 2.75) is 31.0 Å². The fourth-order valence-electron chi connectivity index (χ4n) is 2.88. The van der Waals surface area contributed by atoms with Crippen LogP contribution in [-0.2, 0) is 4.74 Å². The first-order valence-electron chi connectivity index (χ1n) is 6.89. The molecule has 2 unspecified atom stereocenters. The number of hydrogen-bond donors (Lipinski definition) is 5. The van der Waals surface area contributed by atoms with E-state index in [0.29, 0.717) is 0 Å². The average molecular weight is 326 g/mol. The number of ether oxygens (including phenoxy) is 1. The highest BCUT2D eigenvalue weighted by molar-refractivity contribution is 6.62. The van der Waals surface area contributed by atoms with Crippen LogP contribution in [0, 0.1) is 0 Å². The number of hydrogen-bond acceptors (Lipinski definition) is 8. The minimum atomic E-state index is -2.24. The molecule has 0 spiro atoms. The summed E-state index contributed by atoms with van der Waals surface area (Å²) >= 11 is 0. The van der Waals surface area contributed by atoms with Gasteiger partial charge in [0.05, 0.1) is 12.0 Å². The molecule has 0 radical (unpaired) electrons. The van der Waals surface area contributed by atoms with Crippen LogP contribution in [0.1, 0.15) is 13.2 Å². The summed E-state index contributed by atoms with van der Waals surface area (Å²) in [4.78, 5) is 7.77. The fourth-order valence-corrected chi connectivity index (χ4v) is 2.88. The molecule has 0 aromatic carbocycles. The normalized spacial score (nSPS) is 31.0. The van der Waals surface area contributed by atoms with Crippen LogP contribution in [0.5, 0.6) is 0 Å². The Balaban J connectivity index is 2.19. The molecular formula is C12H16BFN4O5. The molecular weight excluding hydrogens is 310 g/mol. The summed E-state index contributed by atoms with van der Waals surface area (Å²) in [5.41, 5.74) is 3.62. The SMILES string of the molecule is C[C@@]1(F)C(O)C(CO)O[C@H]1n1cc(B(O)O)c2c(N)ncnc21. The van der Waals surface area contributed by atoms with E-state index in [1.54, 1.807) is 0 Å². The summed E-state index contributed by atoms with van der Waals surface area (Å²) in [5, 5.41) is 38.3. The second kappa shape index (κ2) is 5.39. The quantitative estimate of drug-likeness (QED) is 0.395. The summed E-state index contributed by atoms with van der Waals surface area (Å²) in [7, 11) is -1.88. The van der Waals surface area contributed by atoms with E-state index in [-0.39, 0.29) is 22.3 Å². The standard InChI is InChI=1S/C12H16BFN4O5/c1-12(14)8(20)6(3-19)23-11(12)18-2-5(13(21)22)7-9(15)16-4-17-10(7)18/h2,4,6,8,11,19-22H,3H2,1H3,(H2,15,16,17)/t6?,8?,11-,12-/m1/s1. The predicted molar refractivity (Wildman–Crippen MR) is 78.3 cm³/mol. The van der Waals surface area contributed by atoms with Crippen LogP contribution in [0.3, 0.4) is 0 Å². The van der Waals surface area contributed by atoms with Gasteiger partial charge >= 0.3 is 7.12 Å². The Morgan fingerprint density at radius 1 is 1.48 bits per heavy atom. The van der Waals surface area contributed by atoms with E-state index in [9.17, 15) is 24.7 Å². The molecule has 1 aliphatic heterocycles. The maximum absolute atomic E-state index is 14.9. The Hall–Kier alpha value is -1.79. The number of aromatic nitrogens is 3. The van der Waals surface area contributed by atoms with Crippen LogP contribution in [0.15, 0.2) is 12.5 Å². The predicted octanol–water partition coefficient (Wildman–Crippen LogP) is -2.33. The fraction of sp³-hybridized carbons (Fsp3) is 0.500. The third kappa shape index (κ3) is 2.28. The maximum Gasteiger partial charge on any atom is 0.490 e. The highest BCUT2D eigenvalue weighted by Gasteiger charge is 2.55. The zero-order valence-corrected chi connectivity index (χ0v) is 12.2. The van der Waals surface area contributed by atoms with Gasteiger partial charge in [-0.3, -0.25) is 0 Å². The second-order valence-electron chi connectivity index (χ2n) is 5.63. The van der Waals surface area contributed by atoms with Crippen LogP contribution >= 0.6 is 0 Å². The van der Waals surface area contributed by atoms with Crippen molar-refractivity contribution in [3.63, 3.8) is 0 Å². The van der Waals surface area contributed by atoms with Gasteiger partial charge in [0.15, 0.2) is 11.9 Å². The van der Waals surface area contributed by atoms with Crippen LogP contribution < -0.4 is 11.2 Å².